The second-order valence-electron chi connectivity index (χ2n) is 17.0. The molecule has 10 rings (SSSR count). The van der Waals surface area contributed by atoms with Crippen molar-refractivity contribution in [2.45, 2.75) is 69.9 Å². The molecule has 5 amide bonds. The van der Waals surface area contributed by atoms with Gasteiger partial charge in [0.2, 0.25) is 5.91 Å². The van der Waals surface area contributed by atoms with E-state index in [1.165, 1.54) is 0 Å². The number of carbonyl (C=O) groups excluding carboxylic acids is 3. The highest BCUT2D eigenvalue weighted by molar-refractivity contribution is 6.41. The molecule has 4 aliphatic rings. The van der Waals surface area contributed by atoms with Gasteiger partial charge >= 0.3 is 12.1 Å². The van der Waals surface area contributed by atoms with E-state index in [9.17, 15) is 14.4 Å². The number of nitrogens with one attached hydrogen (secondary N) is 3. The van der Waals surface area contributed by atoms with Gasteiger partial charge in [-0.25, -0.2) is 9.59 Å². The number of urea groups is 2. The first-order valence-corrected chi connectivity index (χ1v) is 24.5. The van der Waals surface area contributed by atoms with E-state index in [-0.39, 0.29) is 29.8 Å². The molecule has 2 fully saturated rings. The van der Waals surface area contributed by atoms with Crippen molar-refractivity contribution in [3.63, 3.8) is 0 Å². The quantitative estimate of drug-likeness (QED) is 0.0979. The lowest BCUT2D eigenvalue weighted by Crippen LogP contribution is -2.41. The summed E-state index contributed by atoms with van der Waals surface area (Å²) in [6, 6.07) is 33.6. The standard InChI is InChI=1S/2C26H22Cl3N3O2/c27-21-5-2-1-4-18(21)19-12-16(15-8-10-17(31-34)11-9-15)13-24-20(19)14-30-26(33)32(24)25-22(28)6-3-7-23(25)29;27-20-5-2-1-4-17(20)18-12-16(15-8-9-24(33)30-11-10-15)13-23-19(18)14-31-26(34)32(23)25-21(28)6-3-7-22(25)29/h1-7,12-13,15,34H,8-11,14H2,(H,30,33);1-7,12-13,15H,8-11,14H2,(H,30,33)(H,31,34). The maximum atomic E-state index is 13.2. The highest BCUT2D eigenvalue weighted by atomic mass is 35.5. The number of nitrogens with zero attached hydrogens (tertiary/aromatic N) is 3. The van der Waals surface area contributed by atoms with Crippen LogP contribution < -0.4 is 25.8 Å². The van der Waals surface area contributed by atoms with Crippen molar-refractivity contribution in [2.24, 2.45) is 5.16 Å². The Kier molecular flexibility index (Phi) is 14.4. The van der Waals surface area contributed by atoms with Crippen molar-refractivity contribution in [2.75, 3.05) is 16.3 Å². The van der Waals surface area contributed by atoms with Gasteiger partial charge in [0, 0.05) is 58.4 Å². The van der Waals surface area contributed by atoms with Crippen molar-refractivity contribution in [1.29, 1.82) is 0 Å². The minimum Gasteiger partial charge on any atom is -0.411 e. The average molecular weight is 1030 g/mol. The van der Waals surface area contributed by atoms with Crippen LogP contribution in [-0.4, -0.2) is 35.4 Å². The molecule has 16 heteroatoms. The molecule has 0 bridgehead atoms. The van der Waals surface area contributed by atoms with E-state index in [0.717, 1.165) is 100 Å². The minimum atomic E-state index is -0.303. The first-order chi connectivity index (χ1) is 32.9. The van der Waals surface area contributed by atoms with Crippen LogP contribution in [0.15, 0.2) is 114 Å². The fourth-order valence-electron chi connectivity index (χ4n) is 9.63. The Morgan fingerprint density at radius 1 is 0.485 bits per heavy atom. The van der Waals surface area contributed by atoms with E-state index in [2.05, 4.69) is 39.3 Å². The molecule has 0 spiro atoms. The molecular weight excluding hydrogens is 985 g/mol. The van der Waals surface area contributed by atoms with Crippen molar-refractivity contribution in [3.8, 4) is 22.3 Å². The number of oxime groups is 1. The van der Waals surface area contributed by atoms with Crippen molar-refractivity contribution < 1.29 is 19.6 Å². The molecule has 3 aliphatic heterocycles. The minimum absolute atomic E-state index is 0.0654. The molecule has 1 saturated carbocycles. The molecule has 1 saturated heterocycles. The molecule has 68 heavy (non-hydrogen) atoms. The van der Waals surface area contributed by atoms with Gasteiger partial charge < -0.3 is 21.2 Å². The SMILES string of the molecule is O=C1CCC(c2cc(-c3ccccc3Cl)c3c(c2)N(c2c(Cl)cccc2Cl)C(=O)NC3)CCN1.O=C1NCc2c(-c3ccccc3Cl)cc(C3CCC(=NO)CC3)cc2N1c1c(Cl)cccc1Cl. The van der Waals surface area contributed by atoms with Crippen molar-refractivity contribution >= 4 is 116 Å². The van der Waals surface area contributed by atoms with Gasteiger partial charge in [-0.05, 0) is 121 Å². The third-order valence-electron chi connectivity index (χ3n) is 13.1. The van der Waals surface area contributed by atoms with E-state index < -0.39 is 0 Å². The van der Waals surface area contributed by atoms with Crippen LogP contribution in [0.4, 0.5) is 32.3 Å². The molecule has 6 aromatic rings. The van der Waals surface area contributed by atoms with Crippen LogP contribution >= 0.6 is 69.6 Å². The summed E-state index contributed by atoms with van der Waals surface area (Å²) in [5.41, 5.74) is 10.9. The summed E-state index contributed by atoms with van der Waals surface area (Å²) in [5, 5.41) is 24.3. The summed E-state index contributed by atoms with van der Waals surface area (Å²) in [6.45, 7) is 1.32. The Hall–Kier alpha value is -5.46. The smallest absolute Gasteiger partial charge is 0.326 e. The molecule has 1 atom stereocenters. The monoisotopic (exact) mass is 1030 g/mol. The zero-order valence-electron chi connectivity index (χ0n) is 36.4. The van der Waals surface area contributed by atoms with Gasteiger partial charge in [0.05, 0.1) is 48.6 Å². The van der Waals surface area contributed by atoms with Crippen LogP contribution in [0.1, 0.15) is 79.0 Å². The zero-order chi connectivity index (χ0) is 47.6. The predicted molar refractivity (Wildman–Crippen MR) is 275 cm³/mol. The van der Waals surface area contributed by atoms with Gasteiger partial charge in [0.1, 0.15) is 0 Å². The number of rotatable bonds is 6. The van der Waals surface area contributed by atoms with Gasteiger partial charge in [-0.15, -0.1) is 0 Å². The zero-order valence-corrected chi connectivity index (χ0v) is 40.9. The first-order valence-electron chi connectivity index (χ1n) is 22.3. The molecule has 3 heterocycles. The molecule has 348 valence electrons. The number of amides is 5. The molecule has 1 unspecified atom stereocenters. The molecule has 6 aromatic carbocycles. The van der Waals surface area contributed by atoms with E-state index in [0.29, 0.717) is 67.6 Å². The first kappa shape index (κ1) is 47.6. The fraction of sp³-hybridized carbons (Fsp3) is 0.231. The number of carbonyl (C=O) groups is 3. The second kappa shape index (κ2) is 20.6. The van der Waals surface area contributed by atoms with Gasteiger partial charge in [0.15, 0.2) is 0 Å². The van der Waals surface area contributed by atoms with Gasteiger partial charge in [-0.2, -0.15) is 0 Å². The van der Waals surface area contributed by atoms with Crippen LogP contribution in [0.3, 0.4) is 0 Å². The maximum Gasteiger partial charge on any atom is 0.326 e. The summed E-state index contributed by atoms with van der Waals surface area (Å²) in [6.07, 6.45) is 5.19. The Morgan fingerprint density at radius 2 is 0.897 bits per heavy atom. The summed E-state index contributed by atoms with van der Waals surface area (Å²) in [7, 11) is 0. The maximum absolute atomic E-state index is 13.2. The Balaban J connectivity index is 0.000000170. The van der Waals surface area contributed by atoms with E-state index >= 15 is 0 Å². The third kappa shape index (κ3) is 9.60. The number of hydrogen-bond acceptors (Lipinski definition) is 5. The van der Waals surface area contributed by atoms with Crippen LogP contribution in [0, 0.1) is 0 Å². The summed E-state index contributed by atoms with van der Waals surface area (Å²) < 4.78 is 0. The number of halogens is 6. The third-order valence-corrected chi connectivity index (χ3v) is 14.9. The van der Waals surface area contributed by atoms with Crippen LogP contribution in [-0.2, 0) is 17.9 Å². The fourth-order valence-corrected chi connectivity index (χ4v) is 11.2. The largest absolute Gasteiger partial charge is 0.411 e. The Bertz CT molecular complexity index is 2950. The number of anilines is 4. The Morgan fingerprint density at radius 3 is 1.34 bits per heavy atom. The lowest BCUT2D eigenvalue weighted by atomic mass is 9.81. The summed E-state index contributed by atoms with van der Waals surface area (Å²) >= 11 is 39.4. The molecule has 0 aromatic heterocycles. The summed E-state index contributed by atoms with van der Waals surface area (Å²) in [4.78, 5) is 41.4. The normalized spacial score (nSPS) is 18.0. The summed E-state index contributed by atoms with van der Waals surface area (Å²) in [5.74, 6) is 0.472. The van der Waals surface area contributed by atoms with E-state index in [1.54, 1.807) is 46.2 Å². The number of fused-ring (bicyclic) bond motifs is 2. The lowest BCUT2D eigenvalue weighted by Gasteiger charge is -2.34. The number of para-hydroxylation sites is 2. The van der Waals surface area contributed by atoms with E-state index in [4.69, 9.17) is 74.8 Å². The highest BCUT2D eigenvalue weighted by Gasteiger charge is 2.35. The number of hydrogen-bond donors (Lipinski definition) is 4. The molecule has 10 nitrogen and oxygen atoms in total. The highest BCUT2D eigenvalue weighted by Crippen LogP contribution is 2.49. The van der Waals surface area contributed by atoms with E-state index in [1.807, 2.05) is 54.6 Å². The van der Waals surface area contributed by atoms with Gasteiger partial charge in [-0.3, -0.25) is 14.6 Å². The topological polar surface area (TPSA) is 126 Å². The lowest BCUT2D eigenvalue weighted by molar-refractivity contribution is -0.120. The molecule has 0 radical (unpaired) electrons. The predicted octanol–water partition coefficient (Wildman–Crippen LogP) is 15.2. The molecular formula is C52H44Cl6N6O4. The van der Waals surface area contributed by atoms with Gasteiger partial charge in [0.25, 0.3) is 0 Å². The molecule has 4 N–H and O–H groups in total. The van der Waals surface area contributed by atoms with Crippen LogP contribution in [0.25, 0.3) is 22.3 Å². The van der Waals surface area contributed by atoms with Crippen LogP contribution in [0.5, 0.6) is 0 Å². The second-order valence-corrected chi connectivity index (χ2v) is 19.5. The number of benzene rings is 6. The average Bonchev–Trinajstić information content (AvgIpc) is 3.56. The van der Waals surface area contributed by atoms with Gasteiger partial charge in [-0.1, -0.05) is 135 Å². The Labute approximate surface area is 424 Å². The van der Waals surface area contributed by atoms with Crippen molar-refractivity contribution in [1.82, 2.24) is 16.0 Å². The molecule has 1 aliphatic carbocycles. The van der Waals surface area contributed by atoms with Crippen molar-refractivity contribution in [3.05, 3.63) is 162 Å². The van der Waals surface area contributed by atoms with Crippen LogP contribution in [0.2, 0.25) is 30.1 Å².